The number of hydrogen-bond acceptors (Lipinski definition) is 4. The first kappa shape index (κ1) is 25.2. The molecule has 160 valence electrons. The molecule has 28 heavy (non-hydrogen) atoms. The average Bonchev–Trinajstić information content (AvgIpc) is 2.63. The zero-order valence-electron chi connectivity index (χ0n) is 17.3. The number of nitrogens with one attached hydrogen (secondary N) is 2. The molecule has 1 aliphatic rings. The van der Waals surface area contributed by atoms with Crippen LogP contribution in [0.25, 0.3) is 0 Å². The predicted molar refractivity (Wildman–Crippen MR) is 127 cm³/mol. The number of halogens is 1. The molecule has 0 spiro atoms. The van der Waals surface area contributed by atoms with Gasteiger partial charge in [-0.25, -0.2) is 8.42 Å². The summed E-state index contributed by atoms with van der Waals surface area (Å²) in [4.78, 5) is 7.19. The third kappa shape index (κ3) is 9.09. The minimum Gasteiger partial charge on any atom is -0.356 e. The fourth-order valence-corrected chi connectivity index (χ4v) is 4.08. The van der Waals surface area contributed by atoms with Gasteiger partial charge in [-0.1, -0.05) is 19.1 Å². The van der Waals surface area contributed by atoms with Crippen molar-refractivity contribution in [1.29, 1.82) is 0 Å². The molecule has 2 rings (SSSR count). The van der Waals surface area contributed by atoms with Gasteiger partial charge in [-0.3, -0.25) is 4.99 Å². The summed E-state index contributed by atoms with van der Waals surface area (Å²) in [6, 6.07) is 7.07. The van der Waals surface area contributed by atoms with Crippen molar-refractivity contribution in [3.05, 3.63) is 29.8 Å². The molecule has 1 unspecified atom stereocenters. The van der Waals surface area contributed by atoms with Crippen molar-refractivity contribution in [1.82, 2.24) is 15.5 Å². The normalized spacial score (nSPS) is 18.4. The van der Waals surface area contributed by atoms with E-state index < -0.39 is 9.84 Å². The minimum absolute atomic E-state index is 0. The number of sulfone groups is 1. The topological polar surface area (TPSA) is 73.8 Å². The summed E-state index contributed by atoms with van der Waals surface area (Å²) in [5, 5.41) is 6.68. The summed E-state index contributed by atoms with van der Waals surface area (Å²) in [5.74, 6) is 1.64. The summed E-state index contributed by atoms with van der Waals surface area (Å²) in [6.45, 7) is 7.60. The van der Waals surface area contributed by atoms with E-state index in [1.54, 1.807) is 19.2 Å². The van der Waals surface area contributed by atoms with Crippen LogP contribution in [0.15, 0.2) is 34.2 Å². The molecule has 1 aromatic carbocycles. The van der Waals surface area contributed by atoms with E-state index in [2.05, 4.69) is 27.4 Å². The molecule has 0 aliphatic carbocycles. The Kier molecular flexibility index (Phi) is 11.4. The van der Waals surface area contributed by atoms with Gasteiger partial charge in [-0.2, -0.15) is 0 Å². The Labute approximate surface area is 187 Å². The van der Waals surface area contributed by atoms with E-state index in [-0.39, 0.29) is 24.0 Å². The van der Waals surface area contributed by atoms with Gasteiger partial charge < -0.3 is 15.5 Å². The van der Waals surface area contributed by atoms with Gasteiger partial charge in [0.1, 0.15) is 0 Å². The SMILES string of the molecule is CN=C(NCCCN1CCCC(C)C1)NCCc1ccc(S(C)(=O)=O)cc1.I. The average molecular weight is 522 g/mol. The second-order valence-electron chi connectivity index (χ2n) is 7.49. The van der Waals surface area contributed by atoms with Gasteiger partial charge in [0.15, 0.2) is 15.8 Å². The first-order valence-corrected chi connectivity index (χ1v) is 11.7. The predicted octanol–water partition coefficient (Wildman–Crippen LogP) is 2.54. The Morgan fingerprint density at radius 2 is 1.89 bits per heavy atom. The van der Waals surface area contributed by atoms with Gasteiger partial charge in [0.25, 0.3) is 0 Å². The molecule has 2 N–H and O–H groups in total. The number of aliphatic imine (C=N–C) groups is 1. The molecule has 1 heterocycles. The van der Waals surface area contributed by atoms with E-state index in [1.165, 1.54) is 32.2 Å². The molecule has 0 amide bonds. The summed E-state index contributed by atoms with van der Waals surface area (Å²) in [5.41, 5.74) is 1.10. The fourth-order valence-electron chi connectivity index (χ4n) is 3.45. The number of rotatable bonds is 8. The fraction of sp³-hybridized carbons (Fsp3) is 0.650. The molecular formula is C20H35IN4O2S. The molecule has 1 fully saturated rings. The Balaban J connectivity index is 0.00000392. The summed E-state index contributed by atoms with van der Waals surface area (Å²) in [6.07, 6.45) is 5.84. The highest BCUT2D eigenvalue weighted by molar-refractivity contribution is 14.0. The van der Waals surface area contributed by atoms with Crippen molar-refractivity contribution in [3.8, 4) is 0 Å². The van der Waals surface area contributed by atoms with E-state index in [9.17, 15) is 8.42 Å². The van der Waals surface area contributed by atoms with Crippen LogP contribution >= 0.6 is 24.0 Å². The maximum atomic E-state index is 11.5. The highest BCUT2D eigenvalue weighted by Gasteiger charge is 2.15. The van der Waals surface area contributed by atoms with Crippen molar-refractivity contribution in [2.75, 3.05) is 46.0 Å². The summed E-state index contributed by atoms with van der Waals surface area (Å²) in [7, 11) is -1.35. The molecule has 1 aliphatic heterocycles. The number of guanidine groups is 1. The first-order valence-electron chi connectivity index (χ1n) is 9.84. The molecule has 1 atom stereocenters. The van der Waals surface area contributed by atoms with Crippen LogP contribution in [-0.2, 0) is 16.3 Å². The van der Waals surface area contributed by atoms with Crippen molar-refractivity contribution in [2.45, 2.75) is 37.5 Å². The first-order chi connectivity index (χ1) is 12.9. The van der Waals surface area contributed by atoms with Gasteiger partial charge in [0, 0.05) is 32.9 Å². The van der Waals surface area contributed by atoms with Crippen LogP contribution in [0.1, 0.15) is 31.7 Å². The number of piperidine rings is 1. The summed E-state index contributed by atoms with van der Waals surface area (Å²) >= 11 is 0. The lowest BCUT2D eigenvalue weighted by Crippen LogP contribution is -2.40. The molecule has 6 nitrogen and oxygen atoms in total. The zero-order chi connectivity index (χ0) is 19.7. The van der Waals surface area contributed by atoms with E-state index >= 15 is 0 Å². The number of likely N-dealkylation sites (tertiary alicyclic amines) is 1. The van der Waals surface area contributed by atoms with Crippen molar-refractivity contribution in [3.63, 3.8) is 0 Å². The molecule has 0 aromatic heterocycles. The smallest absolute Gasteiger partial charge is 0.190 e. The Morgan fingerprint density at radius 1 is 1.21 bits per heavy atom. The Morgan fingerprint density at radius 3 is 2.50 bits per heavy atom. The Hall–Kier alpha value is -0.870. The van der Waals surface area contributed by atoms with E-state index in [4.69, 9.17) is 0 Å². The number of benzene rings is 1. The van der Waals surface area contributed by atoms with E-state index in [0.29, 0.717) is 4.90 Å². The monoisotopic (exact) mass is 522 g/mol. The van der Waals surface area contributed by atoms with E-state index in [0.717, 1.165) is 49.9 Å². The van der Waals surface area contributed by atoms with Gasteiger partial charge in [-0.15, -0.1) is 24.0 Å². The van der Waals surface area contributed by atoms with Crippen LogP contribution in [0, 0.1) is 5.92 Å². The van der Waals surface area contributed by atoms with Crippen LogP contribution in [0.3, 0.4) is 0 Å². The van der Waals surface area contributed by atoms with Crippen LogP contribution < -0.4 is 10.6 Å². The molecule has 8 heteroatoms. The molecule has 1 aromatic rings. The van der Waals surface area contributed by atoms with Gasteiger partial charge in [0.05, 0.1) is 4.90 Å². The van der Waals surface area contributed by atoms with Crippen LogP contribution in [0.2, 0.25) is 0 Å². The molecular weight excluding hydrogens is 487 g/mol. The third-order valence-electron chi connectivity index (χ3n) is 4.97. The van der Waals surface area contributed by atoms with Gasteiger partial charge in [-0.05, 0) is 62.4 Å². The van der Waals surface area contributed by atoms with Crippen LogP contribution in [0.5, 0.6) is 0 Å². The lowest BCUT2D eigenvalue weighted by molar-refractivity contribution is 0.182. The van der Waals surface area contributed by atoms with Gasteiger partial charge in [0.2, 0.25) is 0 Å². The lowest BCUT2D eigenvalue weighted by Gasteiger charge is -2.30. The molecule has 0 bridgehead atoms. The van der Waals surface area contributed by atoms with Crippen LogP contribution in [0.4, 0.5) is 0 Å². The number of hydrogen-bond donors (Lipinski definition) is 2. The maximum absolute atomic E-state index is 11.5. The quantitative estimate of drug-likeness (QED) is 0.238. The minimum atomic E-state index is -3.13. The largest absolute Gasteiger partial charge is 0.356 e. The van der Waals surface area contributed by atoms with Crippen molar-refractivity contribution >= 4 is 39.8 Å². The number of nitrogens with zero attached hydrogens (tertiary/aromatic N) is 2. The summed E-state index contributed by atoms with van der Waals surface area (Å²) < 4.78 is 23.0. The standard InChI is InChI=1S/C20H34N4O2S.HI/c1-17-6-4-14-24(16-17)15-5-12-22-20(21-2)23-13-11-18-7-9-19(10-8-18)27(3,25)26;/h7-10,17H,4-6,11-16H2,1-3H3,(H2,21,22,23);1H. The van der Waals surface area contributed by atoms with Crippen molar-refractivity contribution in [2.24, 2.45) is 10.9 Å². The highest BCUT2D eigenvalue weighted by atomic mass is 127. The molecule has 0 radical (unpaired) electrons. The Bertz CT molecular complexity index is 707. The zero-order valence-corrected chi connectivity index (χ0v) is 20.4. The van der Waals surface area contributed by atoms with Crippen molar-refractivity contribution < 1.29 is 8.42 Å². The highest BCUT2D eigenvalue weighted by Crippen LogP contribution is 2.15. The molecule has 0 saturated carbocycles. The van der Waals surface area contributed by atoms with Crippen LogP contribution in [-0.4, -0.2) is 65.3 Å². The second-order valence-corrected chi connectivity index (χ2v) is 9.51. The third-order valence-corrected chi connectivity index (χ3v) is 6.09. The second kappa shape index (κ2) is 12.6. The van der Waals surface area contributed by atoms with E-state index in [1.807, 2.05) is 12.1 Å². The maximum Gasteiger partial charge on any atom is 0.190 e. The lowest BCUT2D eigenvalue weighted by atomic mass is 10.0. The molecule has 1 saturated heterocycles. The van der Waals surface area contributed by atoms with Gasteiger partial charge >= 0.3 is 0 Å².